The number of rotatable bonds is 17. The minimum Gasteiger partial charge on any atom is -0.358 e. The van der Waals surface area contributed by atoms with Crippen LogP contribution in [0.3, 0.4) is 0 Å². The van der Waals surface area contributed by atoms with Crippen LogP contribution in [0.5, 0.6) is 0 Å². The van der Waals surface area contributed by atoms with Gasteiger partial charge in [-0.3, -0.25) is 14.4 Å². The zero-order valence-electron chi connectivity index (χ0n) is 38.9. The van der Waals surface area contributed by atoms with Crippen molar-refractivity contribution in [3.05, 3.63) is 131 Å². The Labute approximate surface area is 405 Å². The Bertz CT molecular complexity index is 2860. The third kappa shape index (κ3) is 12.2. The summed E-state index contributed by atoms with van der Waals surface area (Å²) in [5.74, 6) is 0.0391. The number of benzene rings is 4. The van der Waals surface area contributed by atoms with E-state index in [4.69, 9.17) is 16.6 Å². The minimum absolute atomic E-state index is 0.332. The molecule has 9 rings (SSSR count). The van der Waals surface area contributed by atoms with Crippen LogP contribution in [0.1, 0.15) is 90.9 Å². The highest BCUT2D eigenvalue weighted by Crippen LogP contribution is 2.37. The highest BCUT2D eigenvalue weighted by molar-refractivity contribution is 7.86. The molecule has 4 N–H and O–H groups in total. The zero-order valence-corrected chi connectivity index (χ0v) is 40.4. The summed E-state index contributed by atoms with van der Waals surface area (Å²) in [4.78, 5) is 29.2. The Morgan fingerprint density at radius 1 is 0.956 bits per heavy atom. The quantitative estimate of drug-likeness (QED) is 0.0517. The predicted molar refractivity (Wildman–Crippen MR) is 274 cm³/mol. The molecule has 0 amide bonds. The second-order valence-corrected chi connectivity index (χ2v) is 19.5. The summed E-state index contributed by atoms with van der Waals surface area (Å²) in [6.07, 6.45) is 17.8. The van der Waals surface area contributed by atoms with Gasteiger partial charge in [0.1, 0.15) is 34.8 Å². The fourth-order valence-electron chi connectivity index (χ4n) is 9.38. The van der Waals surface area contributed by atoms with Crippen LogP contribution in [0.25, 0.3) is 33.1 Å². The van der Waals surface area contributed by atoms with Gasteiger partial charge in [-0.25, -0.2) is 13.6 Å². The molecule has 4 aromatic carbocycles. The van der Waals surface area contributed by atoms with E-state index in [0.717, 1.165) is 78.4 Å². The van der Waals surface area contributed by atoms with Gasteiger partial charge in [0.25, 0.3) is 0 Å². The number of piperazine rings is 1. The number of fused-ring (bicyclic) bond motifs is 2. The molecule has 15 heteroatoms. The Morgan fingerprint density at radius 3 is 2.49 bits per heavy atom. The molecule has 354 valence electrons. The van der Waals surface area contributed by atoms with Crippen molar-refractivity contribution in [2.75, 3.05) is 56.4 Å². The SMILES string of the molecule is CNCCCCCCN1CCN(Cc2ccc(-c3cn(C4CCCCC4)c4nc(Nc5cc(F)cc(Cl)c5)ncc34)cc2)CC1.Cc1ccc(NS(=O)c2cccc(C=O)c2)c2[nH]cc(C#N)c12. The van der Waals surface area contributed by atoms with E-state index in [0.29, 0.717) is 44.4 Å². The van der Waals surface area contributed by atoms with Crippen LogP contribution in [0.4, 0.5) is 21.7 Å². The Kier molecular flexibility index (Phi) is 16.7. The van der Waals surface area contributed by atoms with Crippen LogP contribution in [0.15, 0.2) is 102 Å². The summed E-state index contributed by atoms with van der Waals surface area (Å²) in [5.41, 5.74) is 8.50. The van der Waals surface area contributed by atoms with Gasteiger partial charge < -0.3 is 25.1 Å². The van der Waals surface area contributed by atoms with Crippen molar-refractivity contribution in [2.45, 2.75) is 82.2 Å². The van der Waals surface area contributed by atoms with Crippen LogP contribution >= 0.6 is 11.6 Å². The van der Waals surface area contributed by atoms with E-state index >= 15 is 0 Å². The molecule has 2 aliphatic rings. The van der Waals surface area contributed by atoms with E-state index in [1.807, 2.05) is 32.3 Å². The number of aryl methyl sites for hydroxylation is 1. The summed E-state index contributed by atoms with van der Waals surface area (Å²) < 4.78 is 31.7. The number of nitriles is 1. The maximum Gasteiger partial charge on any atom is 0.229 e. The molecule has 68 heavy (non-hydrogen) atoms. The number of aromatic amines is 1. The van der Waals surface area contributed by atoms with Crippen molar-refractivity contribution in [3.8, 4) is 17.2 Å². The molecule has 0 radical (unpaired) electrons. The second-order valence-electron chi connectivity index (χ2n) is 17.8. The number of carbonyl (C=O) groups is 1. The lowest BCUT2D eigenvalue weighted by Crippen LogP contribution is -2.46. The van der Waals surface area contributed by atoms with Crippen LogP contribution in [0.2, 0.25) is 5.02 Å². The van der Waals surface area contributed by atoms with Gasteiger partial charge in [0, 0.05) is 90.0 Å². The van der Waals surface area contributed by atoms with Crippen molar-refractivity contribution >= 4 is 68.1 Å². The summed E-state index contributed by atoms with van der Waals surface area (Å²) in [6.45, 7) is 9.87. The number of aldehydes is 1. The van der Waals surface area contributed by atoms with E-state index in [2.05, 4.69) is 76.2 Å². The highest BCUT2D eigenvalue weighted by atomic mass is 35.5. The lowest BCUT2D eigenvalue weighted by molar-refractivity contribution is 0.112. The molecule has 0 bridgehead atoms. The molecule has 1 atom stereocenters. The summed E-state index contributed by atoms with van der Waals surface area (Å²) >= 11 is 6.08. The van der Waals surface area contributed by atoms with Gasteiger partial charge >= 0.3 is 0 Å². The number of aromatic nitrogens is 4. The molecule has 1 saturated heterocycles. The zero-order chi connectivity index (χ0) is 47.4. The highest BCUT2D eigenvalue weighted by Gasteiger charge is 2.22. The van der Waals surface area contributed by atoms with Crippen LogP contribution < -0.4 is 15.4 Å². The van der Waals surface area contributed by atoms with E-state index in [1.54, 1.807) is 36.5 Å². The number of carbonyl (C=O) groups excluding carboxylic acids is 1. The number of anilines is 3. The van der Waals surface area contributed by atoms with Crippen LogP contribution in [-0.2, 0) is 17.5 Å². The molecule has 12 nitrogen and oxygen atoms in total. The van der Waals surface area contributed by atoms with Crippen molar-refractivity contribution in [2.24, 2.45) is 0 Å². The molecule has 2 fully saturated rings. The van der Waals surface area contributed by atoms with E-state index in [9.17, 15) is 18.7 Å². The second kappa shape index (κ2) is 23.4. The number of halogens is 2. The first kappa shape index (κ1) is 48.5. The fourth-order valence-corrected chi connectivity index (χ4v) is 10.5. The molecular weight excluding hydrogens is 895 g/mol. The van der Waals surface area contributed by atoms with Crippen molar-refractivity contribution in [1.29, 1.82) is 5.26 Å². The van der Waals surface area contributed by atoms with Crippen LogP contribution in [0, 0.1) is 24.1 Å². The minimum atomic E-state index is -1.51. The van der Waals surface area contributed by atoms with Gasteiger partial charge in [0.15, 0.2) is 0 Å². The molecule has 3 aromatic heterocycles. The molecule has 1 aliphatic heterocycles. The first-order valence-corrected chi connectivity index (χ1v) is 25.3. The predicted octanol–water partition coefficient (Wildman–Crippen LogP) is 11.3. The van der Waals surface area contributed by atoms with E-state index < -0.39 is 16.8 Å². The van der Waals surface area contributed by atoms with Gasteiger partial charge in [-0.15, -0.1) is 0 Å². The van der Waals surface area contributed by atoms with Crippen molar-refractivity contribution in [1.82, 2.24) is 34.6 Å². The van der Waals surface area contributed by atoms with E-state index in [1.165, 1.54) is 87.8 Å². The van der Waals surface area contributed by atoms with E-state index in [-0.39, 0.29) is 0 Å². The maximum absolute atomic E-state index is 14.0. The third-order valence-electron chi connectivity index (χ3n) is 13.0. The lowest BCUT2D eigenvalue weighted by Gasteiger charge is -2.34. The lowest BCUT2D eigenvalue weighted by atomic mass is 9.95. The summed E-state index contributed by atoms with van der Waals surface area (Å²) in [5, 5.41) is 17.8. The summed E-state index contributed by atoms with van der Waals surface area (Å²) in [6, 6.07) is 26.3. The first-order chi connectivity index (χ1) is 33.2. The largest absolute Gasteiger partial charge is 0.358 e. The average molecular weight is 956 g/mol. The Morgan fingerprint density at radius 2 is 1.74 bits per heavy atom. The Hall–Kier alpha value is -5.95. The molecule has 1 saturated carbocycles. The molecule has 7 aromatic rings. The number of nitrogens with zero attached hydrogens (tertiary/aromatic N) is 6. The molecular formula is C53H60ClFN10O2S. The van der Waals surface area contributed by atoms with Gasteiger partial charge in [0.2, 0.25) is 5.95 Å². The fraction of sp³-hybridized carbons (Fsp3) is 0.358. The molecule has 4 heterocycles. The standard InChI is InChI=1S/C36H47ClFN7.C17H13N3O2S/c1-39-15-7-2-3-8-16-43-17-19-44(20-18-43)25-27-11-13-28(14-12-27)34-26-45(32-9-5-4-6-10-32)35-33(34)24-40-36(42-35)41-31-22-29(37)21-30(38)23-31;1-11-5-6-15(17-16(11)13(8-18)9-19-17)20-23(22)14-4-2-3-12(7-14)10-21/h11-14,21-24,26,32,39H,2-10,15-20,25H2,1H3,(H,40,41,42);2-7,9-10,19-20H,1H3. The summed E-state index contributed by atoms with van der Waals surface area (Å²) in [7, 11) is 0.519. The molecule has 1 aliphatic carbocycles. The van der Waals surface area contributed by atoms with Gasteiger partial charge in [-0.2, -0.15) is 10.2 Å². The monoisotopic (exact) mass is 954 g/mol. The Balaban J connectivity index is 0.000000227. The number of unbranched alkanes of at least 4 members (excludes halogenated alkanes) is 3. The normalized spacial score (nSPS) is 15.2. The molecule has 0 spiro atoms. The molecule has 1 unspecified atom stereocenters. The topological polar surface area (TPSA) is 147 Å². The third-order valence-corrected chi connectivity index (χ3v) is 14.3. The van der Waals surface area contributed by atoms with Gasteiger partial charge in [-0.05, 0) is 106 Å². The number of hydrogen-bond donors (Lipinski definition) is 4. The van der Waals surface area contributed by atoms with Crippen molar-refractivity contribution < 1.29 is 13.4 Å². The van der Waals surface area contributed by atoms with Gasteiger partial charge in [-0.1, -0.05) is 86.2 Å². The number of H-pyrrole nitrogens is 1. The van der Waals surface area contributed by atoms with Gasteiger partial charge in [0.05, 0.1) is 21.7 Å². The van der Waals surface area contributed by atoms with Crippen LogP contribution in [-0.4, -0.2) is 86.1 Å². The average Bonchev–Trinajstić information content (AvgIpc) is 3.97. The smallest absolute Gasteiger partial charge is 0.229 e. The number of hydrogen-bond acceptors (Lipinski definition) is 9. The maximum atomic E-state index is 14.0. The number of nitrogens with one attached hydrogen (secondary N) is 4. The first-order valence-electron chi connectivity index (χ1n) is 23.7. The van der Waals surface area contributed by atoms with Crippen molar-refractivity contribution in [3.63, 3.8) is 0 Å².